The van der Waals surface area contributed by atoms with Gasteiger partial charge in [-0.1, -0.05) is 30.3 Å². The molecule has 2 nitrogen and oxygen atoms in total. The SMILES string of the molecule is C[Si](C)(C)OC(CCl)CNCc1ccccc1. The lowest BCUT2D eigenvalue weighted by atomic mass is 10.2. The van der Waals surface area contributed by atoms with Crippen molar-refractivity contribution >= 4 is 19.9 Å². The van der Waals surface area contributed by atoms with Gasteiger partial charge in [0, 0.05) is 19.0 Å². The van der Waals surface area contributed by atoms with Crippen LogP contribution in [0.15, 0.2) is 30.3 Å². The van der Waals surface area contributed by atoms with Gasteiger partial charge in [0.25, 0.3) is 0 Å². The Kier molecular flexibility index (Phi) is 6.20. The molecular weight excluding hydrogens is 250 g/mol. The fourth-order valence-corrected chi connectivity index (χ4v) is 3.05. The average molecular weight is 272 g/mol. The van der Waals surface area contributed by atoms with Gasteiger partial charge in [0.1, 0.15) is 0 Å². The maximum Gasteiger partial charge on any atom is 0.184 e. The van der Waals surface area contributed by atoms with Crippen LogP contribution in [0.1, 0.15) is 5.56 Å². The largest absolute Gasteiger partial charge is 0.412 e. The number of rotatable bonds is 7. The molecule has 0 saturated carbocycles. The molecule has 0 aliphatic rings. The topological polar surface area (TPSA) is 21.3 Å². The van der Waals surface area contributed by atoms with Crippen molar-refractivity contribution in [2.45, 2.75) is 32.3 Å². The third-order valence-corrected chi connectivity index (χ3v) is 3.62. The Balaban J connectivity index is 2.29. The van der Waals surface area contributed by atoms with Crippen molar-refractivity contribution in [3.63, 3.8) is 0 Å². The molecule has 0 bridgehead atoms. The van der Waals surface area contributed by atoms with Gasteiger partial charge in [-0.25, -0.2) is 0 Å². The van der Waals surface area contributed by atoms with Crippen molar-refractivity contribution in [3.05, 3.63) is 35.9 Å². The van der Waals surface area contributed by atoms with Crippen LogP contribution in [0.5, 0.6) is 0 Å². The van der Waals surface area contributed by atoms with Crippen LogP contribution in [-0.4, -0.2) is 26.8 Å². The zero-order chi connectivity index (χ0) is 12.7. The summed E-state index contributed by atoms with van der Waals surface area (Å²) in [5.41, 5.74) is 1.29. The summed E-state index contributed by atoms with van der Waals surface area (Å²) >= 11 is 5.91. The Labute approximate surface area is 110 Å². The van der Waals surface area contributed by atoms with Gasteiger partial charge in [-0.2, -0.15) is 0 Å². The highest BCUT2D eigenvalue weighted by Crippen LogP contribution is 2.08. The molecule has 1 N–H and O–H groups in total. The zero-order valence-electron chi connectivity index (χ0n) is 10.9. The average Bonchev–Trinajstić information content (AvgIpc) is 2.27. The van der Waals surface area contributed by atoms with Crippen LogP contribution >= 0.6 is 11.6 Å². The summed E-state index contributed by atoms with van der Waals surface area (Å²) in [4.78, 5) is 0. The van der Waals surface area contributed by atoms with Gasteiger partial charge in [0.15, 0.2) is 8.32 Å². The molecule has 1 aromatic rings. The number of halogens is 1. The highest BCUT2D eigenvalue weighted by atomic mass is 35.5. The molecule has 0 aromatic heterocycles. The molecule has 0 aliphatic heterocycles. The molecule has 0 aliphatic carbocycles. The van der Waals surface area contributed by atoms with E-state index in [1.807, 2.05) is 6.07 Å². The van der Waals surface area contributed by atoms with Gasteiger partial charge >= 0.3 is 0 Å². The Morgan fingerprint density at radius 2 is 1.88 bits per heavy atom. The first-order chi connectivity index (χ1) is 8.01. The molecule has 0 amide bonds. The van der Waals surface area contributed by atoms with E-state index >= 15 is 0 Å². The van der Waals surface area contributed by atoms with Crippen LogP contribution in [0.25, 0.3) is 0 Å². The lowest BCUT2D eigenvalue weighted by Gasteiger charge is -2.25. The Hall–Kier alpha value is -0.353. The van der Waals surface area contributed by atoms with Crippen molar-refractivity contribution < 1.29 is 4.43 Å². The molecule has 4 heteroatoms. The van der Waals surface area contributed by atoms with E-state index in [1.165, 1.54) is 5.56 Å². The smallest absolute Gasteiger partial charge is 0.184 e. The van der Waals surface area contributed by atoms with Crippen molar-refractivity contribution in [2.24, 2.45) is 0 Å². The molecule has 1 unspecified atom stereocenters. The van der Waals surface area contributed by atoms with Gasteiger partial charge in [0.2, 0.25) is 0 Å². The monoisotopic (exact) mass is 271 g/mol. The van der Waals surface area contributed by atoms with E-state index in [4.69, 9.17) is 16.0 Å². The predicted molar refractivity (Wildman–Crippen MR) is 77.1 cm³/mol. The number of benzene rings is 1. The first-order valence-electron chi connectivity index (χ1n) is 5.99. The molecule has 1 aromatic carbocycles. The van der Waals surface area contributed by atoms with Crippen molar-refractivity contribution in [3.8, 4) is 0 Å². The molecular formula is C13H22ClNOSi. The van der Waals surface area contributed by atoms with Gasteiger partial charge in [0.05, 0.1) is 6.10 Å². The first kappa shape index (κ1) is 14.7. The number of alkyl halides is 1. The minimum absolute atomic E-state index is 0.118. The minimum Gasteiger partial charge on any atom is -0.412 e. The maximum atomic E-state index is 5.97. The van der Waals surface area contributed by atoms with E-state index in [1.54, 1.807) is 0 Å². The number of nitrogens with one attached hydrogen (secondary N) is 1. The molecule has 0 radical (unpaired) electrons. The van der Waals surface area contributed by atoms with Gasteiger partial charge in [-0.15, -0.1) is 11.6 Å². The van der Waals surface area contributed by atoms with E-state index in [2.05, 4.69) is 49.2 Å². The van der Waals surface area contributed by atoms with Crippen LogP contribution in [-0.2, 0) is 11.0 Å². The molecule has 0 saturated heterocycles. The van der Waals surface area contributed by atoms with Gasteiger partial charge < -0.3 is 9.74 Å². The van der Waals surface area contributed by atoms with Crippen molar-refractivity contribution in [2.75, 3.05) is 12.4 Å². The van der Waals surface area contributed by atoms with Crippen LogP contribution in [0.2, 0.25) is 19.6 Å². The maximum absolute atomic E-state index is 5.97. The highest BCUT2D eigenvalue weighted by molar-refractivity contribution is 6.69. The fraction of sp³-hybridized carbons (Fsp3) is 0.538. The van der Waals surface area contributed by atoms with E-state index in [-0.39, 0.29) is 6.10 Å². The molecule has 0 heterocycles. The quantitative estimate of drug-likeness (QED) is 0.607. The van der Waals surface area contributed by atoms with Gasteiger partial charge in [-0.3, -0.25) is 0 Å². The predicted octanol–water partition coefficient (Wildman–Crippen LogP) is 3.24. The van der Waals surface area contributed by atoms with Crippen LogP contribution < -0.4 is 5.32 Å². The van der Waals surface area contributed by atoms with Crippen LogP contribution in [0.3, 0.4) is 0 Å². The van der Waals surface area contributed by atoms with Crippen molar-refractivity contribution in [1.29, 1.82) is 0 Å². The van der Waals surface area contributed by atoms with E-state index in [9.17, 15) is 0 Å². The summed E-state index contributed by atoms with van der Waals surface area (Å²) < 4.78 is 5.97. The fourth-order valence-electron chi connectivity index (χ4n) is 1.60. The number of hydrogen-bond donors (Lipinski definition) is 1. The van der Waals surface area contributed by atoms with E-state index < -0.39 is 8.32 Å². The van der Waals surface area contributed by atoms with Gasteiger partial charge in [-0.05, 0) is 25.2 Å². The Bertz CT molecular complexity index is 313. The first-order valence-corrected chi connectivity index (χ1v) is 9.94. The number of hydrogen-bond acceptors (Lipinski definition) is 2. The lowest BCUT2D eigenvalue weighted by Crippen LogP contribution is -2.39. The second kappa shape index (κ2) is 7.16. The summed E-state index contributed by atoms with van der Waals surface area (Å²) in [6.07, 6.45) is 0.118. The van der Waals surface area contributed by atoms with E-state index in [0.29, 0.717) is 5.88 Å². The summed E-state index contributed by atoms with van der Waals surface area (Å²) in [5.74, 6) is 0.548. The molecule has 1 atom stereocenters. The second-order valence-electron chi connectivity index (χ2n) is 5.12. The molecule has 17 heavy (non-hydrogen) atoms. The Morgan fingerprint density at radius 3 is 2.41 bits per heavy atom. The summed E-state index contributed by atoms with van der Waals surface area (Å²) in [6.45, 7) is 8.23. The second-order valence-corrected chi connectivity index (χ2v) is 9.89. The van der Waals surface area contributed by atoms with Crippen molar-refractivity contribution in [1.82, 2.24) is 5.32 Å². The lowest BCUT2D eigenvalue weighted by molar-refractivity contribution is 0.212. The third-order valence-electron chi connectivity index (χ3n) is 2.24. The molecule has 0 fully saturated rings. The molecule has 0 spiro atoms. The summed E-state index contributed by atoms with van der Waals surface area (Å²) in [6, 6.07) is 10.4. The standard InChI is InChI=1S/C13H22ClNOSi/c1-17(2,3)16-13(9-14)11-15-10-12-7-5-4-6-8-12/h4-8,13,15H,9-11H2,1-3H3. The minimum atomic E-state index is -1.49. The molecule has 96 valence electrons. The summed E-state index contributed by atoms with van der Waals surface area (Å²) in [5, 5.41) is 3.39. The normalized spacial score (nSPS) is 13.6. The summed E-state index contributed by atoms with van der Waals surface area (Å²) in [7, 11) is -1.49. The third kappa shape index (κ3) is 6.84. The zero-order valence-corrected chi connectivity index (χ0v) is 12.6. The van der Waals surface area contributed by atoms with Crippen LogP contribution in [0, 0.1) is 0 Å². The van der Waals surface area contributed by atoms with E-state index in [0.717, 1.165) is 13.1 Å². The van der Waals surface area contributed by atoms with Crippen LogP contribution in [0.4, 0.5) is 0 Å². The highest BCUT2D eigenvalue weighted by Gasteiger charge is 2.20. The molecule has 1 rings (SSSR count). The Morgan fingerprint density at radius 1 is 1.24 bits per heavy atom.